The average molecular weight is 323 g/mol. The molecule has 24 heavy (non-hydrogen) atoms. The van der Waals surface area contributed by atoms with Gasteiger partial charge in [0.05, 0.1) is 12.9 Å². The molecule has 1 saturated heterocycles. The number of piperazine rings is 1. The lowest BCUT2D eigenvalue weighted by atomic mass is 10.2. The monoisotopic (exact) mass is 323 g/mol. The molecule has 1 aliphatic rings. The number of aromatic nitrogens is 3. The molecule has 3 aromatic rings. The Morgan fingerprint density at radius 1 is 1.00 bits per heavy atom. The maximum Gasteiger partial charge on any atom is 0.208 e. The van der Waals surface area contributed by atoms with Gasteiger partial charge in [0.25, 0.3) is 0 Å². The van der Waals surface area contributed by atoms with E-state index in [4.69, 9.17) is 4.42 Å². The Bertz CT molecular complexity index is 745. The fourth-order valence-electron chi connectivity index (χ4n) is 3.03. The molecule has 0 radical (unpaired) electrons. The van der Waals surface area contributed by atoms with Crippen molar-refractivity contribution in [3.8, 4) is 11.3 Å². The molecule has 0 bridgehead atoms. The van der Waals surface area contributed by atoms with Crippen molar-refractivity contribution < 1.29 is 4.42 Å². The standard InChI is InChI=1S/C18H21N5O/c1-2-4-15(5-3-1)17-13-24-18(21-17)12-23-8-6-22(7-9-23)11-16-10-19-14-20-16/h1-5,10,13-14H,6-9,11-12H2,(H,19,20). The van der Waals surface area contributed by atoms with Gasteiger partial charge in [0, 0.05) is 50.2 Å². The number of hydrogen-bond acceptors (Lipinski definition) is 5. The number of imidazole rings is 1. The zero-order valence-electron chi connectivity index (χ0n) is 13.6. The summed E-state index contributed by atoms with van der Waals surface area (Å²) in [6.07, 6.45) is 5.38. The SMILES string of the molecule is c1ccc(-c2coc(CN3CCN(Cc4cnc[nH]4)CC3)n2)cc1. The van der Waals surface area contributed by atoms with Crippen LogP contribution in [0.3, 0.4) is 0 Å². The number of nitrogens with one attached hydrogen (secondary N) is 1. The molecule has 2 aromatic heterocycles. The normalized spacial score (nSPS) is 16.5. The molecule has 3 heterocycles. The molecule has 0 atom stereocenters. The number of H-pyrrole nitrogens is 1. The molecule has 0 spiro atoms. The largest absolute Gasteiger partial charge is 0.447 e. The zero-order chi connectivity index (χ0) is 16.2. The molecular formula is C18H21N5O. The molecule has 0 unspecified atom stereocenters. The van der Waals surface area contributed by atoms with Crippen LogP contribution >= 0.6 is 0 Å². The van der Waals surface area contributed by atoms with Crippen LogP contribution in [0.5, 0.6) is 0 Å². The van der Waals surface area contributed by atoms with Crippen LogP contribution in [0.2, 0.25) is 0 Å². The third-order valence-electron chi connectivity index (χ3n) is 4.39. The first-order valence-electron chi connectivity index (χ1n) is 8.28. The van der Waals surface area contributed by atoms with Crippen LogP contribution in [0.1, 0.15) is 11.6 Å². The number of benzene rings is 1. The van der Waals surface area contributed by atoms with Gasteiger partial charge in [-0.3, -0.25) is 9.80 Å². The minimum atomic E-state index is 0.769. The Hall–Kier alpha value is -2.44. The lowest BCUT2D eigenvalue weighted by Crippen LogP contribution is -2.45. The van der Waals surface area contributed by atoms with Gasteiger partial charge in [-0.1, -0.05) is 30.3 Å². The minimum Gasteiger partial charge on any atom is -0.447 e. The van der Waals surface area contributed by atoms with Crippen LogP contribution in [0.15, 0.2) is 53.5 Å². The van der Waals surface area contributed by atoms with Gasteiger partial charge < -0.3 is 9.40 Å². The van der Waals surface area contributed by atoms with Crippen LogP contribution in [-0.2, 0) is 13.1 Å². The smallest absolute Gasteiger partial charge is 0.208 e. The zero-order valence-corrected chi connectivity index (χ0v) is 13.6. The van der Waals surface area contributed by atoms with Crippen LogP contribution in [-0.4, -0.2) is 50.9 Å². The second-order valence-corrected chi connectivity index (χ2v) is 6.12. The van der Waals surface area contributed by atoms with Crippen LogP contribution < -0.4 is 0 Å². The van der Waals surface area contributed by atoms with Crippen molar-refractivity contribution in [2.45, 2.75) is 13.1 Å². The molecule has 4 rings (SSSR count). The lowest BCUT2D eigenvalue weighted by Gasteiger charge is -2.33. The number of oxazole rings is 1. The van der Waals surface area contributed by atoms with E-state index in [1.54, 1.807) is 12.6 Å². The fraction of sp³-hybridized carbons (Fsp3) is 0.333. The number of aromatic amines is 1. The first kappa shape index (κ1) is 15.1. The molecule has 6 nitrogen and oxygen atoms in total. The predicted molar refractivity (Wildman–Crippen MR) is 91.1 cm³/mol. The van der Waals surface area contributed by atoms with Gasteiger partial charge in [-0.15, -0.1) is 0 Å². The first-order chi connectivity index (χ1) is 11.9. The second kappa shape index (κ2) is 6.98. The van der Waals surface area contributed by atoms with Gasteiger partial charge >= 0.3 is 0 Å². The van der Waals surface area contributed by atoms with Crippen molar-refractivity contribution in [3.05, 3.63) is 60.7 Å². The Kier molecular flexibility index (Phi) is 4.40. The highest BCUT2D eigenvalue weighted by atomic mass is 16.3. The number of nitrogens with zero attached hydrogens (tertiary/aromatic N) is 4. The van der Waals surface area contributed by atoms with E-state index in [-0.39, 0.29) is 0 Å². The van der Waals surface area contributed by atoms with Gasteiger partial charge in [0.2, 0.25) is 5.89 Å². The van der Waals surface area contributed by atoms with Crippen molar-refractivity contribution >= 4 is 0 Å². The molecule has 124 valence electrons. The topological polar surface area (TPSA) is 61.2 Å². The van der Waals surface area contributed by atoms with Crippen LogP contribution in [0, 0.1) is 0 Å². The van der Waals surface area contributed by atoms with Crippen molar-refractivity contribution in [2.24, 2.45) is 0 Å². The Labute approximate surface area is 141 Å². The maximum absolute atomic E-state index is 5.65. The van der Waals surface area contributed by atoms with E-state index < -0.39 is 0 Å². The van der Waals surface area contributed by atoms with Crippen LogP contribution in [0.25, 0.3) is 11.3 Å². The summed E-state index contributed by atoms with van der Waals surface area (Å²) < 4.78 is 5.65. The van der Waals surface area contributed by atoms with E-state index in [1.807, 2.05) is 24.4 Å². The Balaban J connectivity index is 1.30. The number of rotatable bonds is 5. The predicted octanol–water partition coefficient (Wildman–Crippen LogP) is 2.38. The number of hydrogen-bond donors (Lipinski definition) is 1. The summed E-state index contributed by atoms with van der Waals surface area (Å²) in [7, 11) is 0. The summed E-state index contributed by atoms with van der Waals surface area (Å²) in [6, 6.07) is 10.1. The second-order valence-electron chi connectivity index (χ2n) is 6.12. The highest BCUT2D eigenvalue weighted by molar-refractivity contribution is 5.57. The lowest BCUT2D eigenvalue weighted by molar-refractivity contribution is 0.113. The van der Waals surface area contributed by atoms with E-state index in [0.717, 1.165) is 56.4 Å². The van der Waals surface area contributed by atoms with Crippen molar-refractivity contribution in [1.29, 1.82) is 0 Å². The summed E-state index contributed by atoms with van der Waals surface area (Å²) in [5, 5.41) is 0. The fourth-order valence-corrected chi connectivity index (χ4v) is 3.03. The molecule has 1 aliphatic heterocycles. The first-order valence-corrected chi connectivity index (χ1v) is 8.28. The maximum atomic E-state index is 5.65. The van der Waals surface area contributed by atoms with Gasteiger partial charge in [-0.2, -0.15) is 0 Å². The van der Waals surface area contributed by atoms with Gasteiger partial charge in [0.15, 0.2) is 0 Å². The highest BCUT2D eigenvalue weighted by Gasteiger charge is 2.19. The third-order valence-corrected chi connectivity index (χ3v) is 4.39. The molecule has 0 saturated carbocycles. The van der Waals surface area contributed by atoms with E-state index in [2.05, 4.69) is 36.9 Å². The summed E-state index contributed by atoms with van der Waals surface area (Å²) in [5.41, 5.74) is 3.17. The third kappa shape index (κ3) is 3.55. The van der Waals surface area contributed by atoms with Crippen LogP contribution in [0.4, 0.5) is 0 Å². The van der Waals surface area contributed by atoms with E-state index >= 15 is 0 Å². The average Bonchev–Trinajstić information content (AvgIpc) is 3.29. The summed E-state index contributed by atoms with van der Waals surface area (Å²) in [4.78, 5) is 16.7. The minimum absolute atomic E-state index is 0.769. The van der Waals surface area contributed by atoms with Gasteiger partial charge in [-0.25, -0.2) is 9.97 Å². The molecule has 0 amide bonds. The quantitative estimate of drug-likeness (QED) is 0.781. The van der Waals surface area contributed by atoms with E-state index in [1.165, 1.54) is 5.69 Å². The highest BCUT2D eigenvalue weighted by Crippen LogP contribution is 2.19. The molecule has 0 aliphatic carbocycles. The van der Waals surface area contributed by atoms with E-state index in [9.17, 15) is 0 Å². The van der Waals surface area contributed by atoms with Gasteiger partial charge in [-0.05, 0) is 0 Å². The summed E-state index contributed by atoms with van der Waals surface area (Å²) in [5.74, 6) is 0.788. The summed E-state index contributed by atoms with van der Waals surface area (Å²) >= 11 is 0. The molecule has 1 aromatic carbocycles. The summed E-state index contributed by atoms with van der Waals surface area (Å²) in [6.45, 7) is 5.85. The van der Waals surface area contributed by atoms with Crippen molar-refractivity contribution in [3.63, 3.8) is 0 Å². The van der Waals surface area contributed by atoms with Crippen molar-refractivity contribution in [1.82, 2.24) is 24.8 Å². The molecule has 6 heteroatoms. The Morgan fingerprint density at radius 2 is 1.75 bits per heavy atom. The van der Waals surface area contributed by atoms with E-state index in [0.29, 0.717) is 0 Å². The molecular weight excluding hydrogens is 302 g/mol. The van der Waals surface area contributed by atoms with Crippen molar-refractivity contribution in [2.75, 3.05) is 26.2 Å². The Morgan fingerprint density at radius 3 is 2.46 bits per heavy atom. The molecule has 1 N–H and O–H groups in total. The van der Waals surface area contributed by atoms with Gasteiger partial charge in [0.1, 0.15) is 12.0 Å². The molecule has 1 fully saturated rings.